The van der Waals surface area contributed by atoms with Crippen LogP contribution in [0, 0.1) is 6.92 Å². The zero-order valence-electron chi connectivity index (χ0n) is 13.8. The van der Waals surface area contributed by atoms with Crippen LogP contribution in [0.1, 0.15) is 22.8 Å². The van der Waals surface area contributed by atoms with Gasteiger partial charge in [-0.1, -0.05) is 24.3 Å². The van der Waals surface area contributed by atoms with E-state index in [2.05, 4.69) is 26.2 Å². The van der Waals surface area contributed by atoms with E-state index in [9.17, 15) is 9.59 Å². The van der Waals surface area contributed by atoms with Crippen LogP contribution in [0.5, 0.6) is 0 Å². The lowest BCUT2D eigenvalue weighted by Gasteiger charge is -2.14. The molecule has 0 fully saturated rings. The number of carbonyl (C=O) groups is 2. The third kappa shape index (κ3) is 3.74. The van der Waals surface area contributed by atoms with Crippen LogP contribution in [0.3, 0.4) is 0 Å². The van der Waals surface area contributed by atoms with Crippen LogP contribution >= 0.6 is 15.9 Å². The van der Waals surface area contributed by atoms with E-state index in [1.807, 2.05) is 43.3 Å². The van der Waals surface area contributed by atoms with Gasteiger partial charge >= 0.3 is 5.97 Å². The minimum atomic E-state index is -0.922. The molecular formula is C19H17BrN2O3. The van der Waals surface area contributed by atoms with Crippen LogP contribution < -0.4 is 5.32 Å². The number of para-hydroxylation sites is 1. The van der Waals surface area contributed by atoms with Crippen molar-refractivity contribution in [2.24, 2.45) is 0 Å². The Bertz CT molecular complexity index is 949. The summed E-state index contributed by atoms with van der Waals surface area (Å²) in [6.45, 7) is 3.51. The highest BCUT2D eigenvalue weighted by Gasteiger charge is 2.21. The third-order valence-corrected chi connectivity index (χ3v) is 4.50. The molecule has 0 aliphatic rings. The van der Waals surface area contributed by atoms with E-state index < -0.39 is 18.0 Å². The van der Waals surface area contributed by atoms with Crippen molar-refractivity contribution in [3.8, 4) is 0 Å². The molecule has 0 radical (unpaired) electrons. The fraction of sp³-hybridized carbons (Fsp3) is 0.158. The first kappa shape index (κ1) is 17.2. The Labute approximate surface area is 153 Å². The summed E-state index contributed by atoms with van der Waals surface area (Å²) >= 11 is 3.41. The Morgan fingerprint density at radius 3 is 2.72 bits per heavy atom. The number of fused-ring (bicyclic) bond motifs is 1. The molecule has 0 bridgehead atoms. The number of hydrogen-bond donors (Lipinski definition) is 2. The maximum absolute atomic E-state index is 12.4. The molecule has 2 aromatic carbocycles. The maximum Gasteiger partial charge on any atom is 0.341 e. The Morgan fingerprint density at radius 1 is 1.20 bits per heavy atom. The fourth-order valence-corrected chi connectivity index (χ4v) is 3.07. The number of amides is 1. The van der Waals surface area contributed by atoms with Crippen LogP contribution in [0.15, 0.2) is 53.1 Å². The van der Waals surface area contributed by atoms with Crippen molar-refractivity contribution < 1.29 is 14.3 Å². The van der Waals surface area contributed by atoms with Crippen LogP contribution in [-0.2, 0) is 9.53 Å². The summed E-state index contributed by atoms with van der Waals surface area (Å²) in [5.74, 6) is -0.930. The molecule has 6 heteroatoms. The molecule has 0 unspecified atom stereocenters. The maximum atomic E-state index is 12.4. The molecule has 1 aromatic heterocycles. The summed E-state index contributed by atoms with van der Waals surface area (Å²) < 4.78 is 6.09. The van der Waals surface area contributed by atoms with Gasteiger partial charge in [0.2, 0.25) is 0 Å². The van der Waals surface area contributed by atoms with Crippen molar-refractivity contribution in [1.82, 2.24) is 4.98 Å². The molecular weight excluding hydrogens is 384 g/mol. The average molecular weight is 401 g/mol. The second-order valence-electron chi connectivity index (χ2n) is 5.77. The van der Waals surface area contributed by atoms with Gasteiger partial charge in [-0.2, -0.15) is 0 Å². The van der Waals surface area contributed by atoms with Gasteiger partial charge in [0.25, 0.3) is 5.91 Å². The van der Waals surface area contributed by atoms with Gasteiger partial charge in [-0.15, -0.1) is 0 Å². The standard InChI is InChI=1S/C19H17BrN2O3/c1-11-7-8-17(15(20)9-11)22-18(23)12(2)25-19(24)14-10-21-16-6-4-3-5-13(14)16/h3-10,12,21H,1-2H3,(H,22,23)/t12-/m1/s1. The minimum absolute atomic E-state index is 0.391. The second kappa shape index (κ2) is 7.11. The van der Waals surface area contributed by atoms with Gasteiger partial charge in [0.15, 0.2) is 6.10 Å². The van der Waals surface area contributed by atoms with Crippen molar-refractivity contribution in [3.63, 3.8) is 0 Å². The molecule has 0 aliphatic carbocycles. The van der Waals surface area contributed by atoms with Crippen molar-refractivity contribution in [3.05, 3.63) is 64.3 Å². The number of aromatic nitrogens is 1. The number of hydrogen-bond acceptors (Lipinski definition) is 3. The summed E-state index contributed by atoms with van der Waals surface area (Å²) in [7, 11) is 0. The van der Waals surface area contributed by atoms with Crippen molar-refractivity contribution >= 4 is 44.4 Å². The Hall–Kier alpha value is -2.60. The molecule has 25 heavy (non-hydrogen) atoms. The van der Waals surface area contributed by atoms with Crippen LogP contribution in [-0.4, -0.2) is 23.0 Å². The molecule has 1 heterocycles. The Kier molecular flexibility index (Phi) is 4.90. The SMILES string of the molecule is Cc1ccc(NC(=O)[C@@H](C)OC(=O)c2c[nH]c3ccccc23)c(Br)c1. The smallest absolute Gasteiger partial charge is 0.341 e. The summed E-state index contributed by atoms with van der Waals surface area (Å²) in [6, 6.07) is 13.0. The van der Waals surface area contributed by atoms with E-state index in [-0.39, 0.29) is 0 Å². The first-order chi connectivity index (χ1) is 12.0. The van der Waals surface area contributed by atoms with E-state index in [1.165, 1.54) is 0 Å². The van der Waals surface area contributed by atoms with Crippen molar-refractivity contribution in [2.75, 3.05) is 5.32 Å². The molecule has 1 amide bonds. The summed E-state index contributed by atoms with van der Waals surface area (Å²) in [4.78, 5) is 27.7. The summed E-state index contributed by atoms with van der Waals surface area (Å²) in [5, 5.41) is 3.52. The number of nitrogens with one attached hydrogen (secondary N) is 2. The lowest BCUT2D eigenvalue weighted by molar-refractivity contribution is -0.123. The number of aromatic amines is 1. The fourth-order valence-electron chi connectivity index (χ4n) is 2.47. The lowest BCUT2D eigenvalue weighted by atomic mass is 10.2. The first-order valence-electron chi connectivity index (χ1n) is 7.80. The number of halogens is 1. The second-order valence-corrected chi connectivity index (χ2v) is 6.62. The predicted molar refractivity (Wildman–Crippen MR) is 101 cm³/mol. The highest BCUT2D eigenvalue weighted by Crippen LogP contribution is 2.24. The molecule has 5 nitrogen and oxygen atoms in total. The number of benzene rings is 2. The molecule has 3 aromatic rings. The highest BCUT2D eigenvalue weighted by atomic mass is 79.9. The molecule has 3 rings (SSSR count). The number of ether oxygens (including phenoxy) is 1. The van der Waals surface area contributed by atoms with E-state index in [1.54, 1.807) is 19.2 Å². The molecule has 1 atom stereocenters. The number of rotatable bonds is 4. The normalized spacial score (nSPS) is 12.0. The third-order valence-electron chi connectivity index (χ3n) is 3.84. The van der Waals surface area contributed by atoms with Crippen LogP contribution in [0.25, 0.3) is 10.9 Å². The zero-order chi connectivity index (χ0) is 18.0. The largest absolute Gasteiger partial charge is 0.449 e. The van der Waals surface area contributed by atoms with Crippen LogP contribution in [0.4, 0.5) is 5.69 Å². The minimum Gasteiger partial charge on any atom is -0.449 e. The number of esters is 1. The summed E-state index contributed by atoms with van der Waals surface area (Å²) in [6.07, 6.45) is 0.670. The number of anilines is 1. The molecule has 0 spiro atoms. The molecule has 0 aliphatic heterocycles. The summed E-state index contributed by atoms with van der Waals surface area (Å²) in [5.41, 5.74) is 2.95. The van der Waals surface area contributed by atoms with Gasteiger partial charge in [-0.3, -0.25) is 4.79 Å². The molecule has 128 valence electrons. The monoisotopic (exact) mass is 400 g/mol. The predicted octanol–water partition coefficient (Wildman–Crippen LogP) is 4.42. The number of H-pyrrole nitrogens is 1. The van der Waals surface area contributed by atoms with Gasteiger partial charge < -0.3 is 15.0 Å². The van der Waals surface area contributed by atoms with E-state index in [4.69, 9.17) is 4.74 Å². The van der Waals surface area contributed by atoms with E-state index >= 15 is 0 Å². The van der Waals surface area contributed by atoms with E-state index in [0.29, 0.717) is 11.3 Å². The molecule has 2 N–H and O–H groups in total. The van der Waals surface area contributed by atoms with Crippen LogP contribution in [0.2, 0.25) is 0 Å². The van der Waals surface area contributed by atoms with Gasteiger partial charge in [-0.25, -0.2) is 4.79 Å². The topological polar surface area (TPSA) is 71.2 Å². The van der Waals surface area contributed by atoms with Crippen molar-refractivity contribution in [1.29, 1.82) is 0 Å². The number of aryl methyl sites for hydroxylation is 1. The Balaban J connectivity index is 1.69. The lowest BCUT2D eigenvalue weighted by Crippen LogP contribution is -2.30. The quantitative estimate of drug-likeness (QED) is 0.636. The molecule has 0 saturated heterocycles. The van der Waals surface area contributed by atoms with Gasteiger partial charge in [0, 0.05) is 21.6 Å². The van der Waals surface area contributed by atoms with Gasteiger partial charge in [0.05, 0.1) is 11.3 Å². The average Bonchev–Trinajstić information content (AvgIpc) is 3.01. The highest BCUT2D eigenvalue weighted by molar-refractivity contribution is 9.10. The van der Waals surface area contributed by atoms with Crippen molar-refractivity contribution in [2.45, 2.75) is 20.0 Å². The van der Waals surface area contributed by atoms with E-state index in [0.717, 1.165) is 20.9 Å². The molecule has 0 saturated carbocycles. The first-order valence-corrected chi connectivity index (χ1v) is 8.59. The van der Waals surface area contributed by atoms with Gasteiger partial charge in [-0.05, 0) is 53.5 Å². The number of carbonyl (C=O) groups excluding carboxylic acids is 2. The van der Waals surface area contributed by atoms with Gasteiger partial charge in [0.1, 0.15) is 0 Å². The Morgan fingerprint density at radius 2 is 1.96 bits per heavy atom. The zero-order valence-corrected chi connectivity index (χ0v) is 15.4.